The Kier molecular flexibility index (Phi) is 6.18. The van der Waals surface area contributed by atoms with E-state index in [-0.39, 0.29) is 0 Å². The van der Waals surface area contributed by atoms with E-state index in [1.165, 1.54) is 65.0 Å². The van der Waals surface area contributed by atoms with Crippen LogP contribution in [0.25, 0.3) is 0 Å². The van der Waals surface area contributed by atoms with Crippen molar-refractivity contribution in [2.24, 2.45) is 5.92 Å². The fourth-order valence-corrected chi connectivity index (χ4v) is 3.16. The van der Waals surface area contributed by atoms with Crippen LogP contribution in [0.4, 0.5) is 0 Å². The summed E-state index contributed by atoms with van der Waals surface area (Å²) >= 11 is 0. The average Bonchev–Trinajstić information content (AvgIpc) is 2.89. The van der Waals surface area contributed by atoms with Crippen LogP contribution in [-0.4, -0.2) is 62.2 Å². The minimum Gasteiger partial charge on any atom is -0.312 e. The van der Waals surface area contributed by atoms with E-state index in [1.54, 1.807) is 0 Å². The van der Waals surface area contributed by atoms with Crippen LogP contribution in [0.15, 0.2) is 12.7 Å². The number of hydrogen-bond acceptors (Lipinski definition) is 3. The first kappa shape index (κ1) is 14.0. The van der Waals surface area contributed by atoms with Crippen LogP contribution in [-0.2, 0) is 0 Å². The van der Waals surface area contributed by atoms with Gasteiger partial charge in [0.25, 0.3) is 0 Å². The second-order valence-electron chi connectivity index (χ2n) is 5.79. The molecule has 1 N–H and O–H groups in total. The third-order valence-corrected chi connectivity index (χ3v) is 4.32. The van der Waals surface area contributed by atoms with Crippen LogP contribution in [0.5, 0.6) is 0 Å². The van der Waals surface area contributed by atoms with Gasteiger partial charge in [-0.2, -0.15) is 0 Å². The fourth-order valence-electron chi connectivity index (χ4n) is 3.16. The molecule has 0 amide bonds. The van der Waals surface area contributed by atoms with Crippen molar-refractivity contribution in [3.8, 4) is 0 Å². The number of rotatable bonds is 7. The van der Waals surface area contributed by atoms with E-state index in [4.69, 9.17) is 0 Å². The first-order valence-electron chi connectivity index (χ1n) is 7.65. The molecule has 3 nitrogen and oxygen atoms in total. The number of nitrogens with zero attached hydrogens (tertiary/aromatic N) is 2. The van der Waals surface area contributed by atoms with Crippen molar-refractivity contribution in [1.29, 1.82) is 0 Å². The van der Waals surface area contributed by atoms with Gasteiger partial charge in [-0.25, -0.2) is 0 Å². The van der Waals surface area contributed by atoms with Crippen molar-refractivity contribution < 1.29 is 0 Å². The zero-order valence-electron chi connectivity index (χ0n) is 11.7. The van der Waals surface area contributed by atoms with Gasteiger partial charge >= 0.3 is 0 Å². The lowest BCUT2D eigenvalue weighted by Crippen LogP contribution is -2.40. The van der Waals surface area contributed by atoms with Crippen LogP contribution in [0.2, 0.25) is 0 Å². The summed E-state index contributed by atoms with van der Waals surface area (Å²) < 4.78 is 0. The zero-order chi connectivity index (χ0) is 12.6. The molecule has 2 saturated heterocycles. The summed E-state index contributed by atoms with van der Waals surface area (Å²) in [7, 11) is 0. The Bertz CT molecular complexity index is 228. The van der Waals surface area contributed by atoms with Gasteiger partial charge in [-0.1, -0.05) is 6.08 Å². The molecule has 0 atom stereocenters. The maximum absolute atomic E-state index is 3.72. The predicted octanol–water partition coefficient (Wildman–Crippen LogP) is 1.57. The van der Waals surface area contributed by atoms with Gasteiger partial charge in [-0.05, 0) is 57.8 Å². The summed E-state index contributed by atoms with van der Waals surface area (Å²) in [5, 5.41) is 3.38. The van der Waals surface area contributed by atoms with Gasteiger partial charge in [0, 0.05) is 26.2 Å². The molecule has 0 bridgehead atoms. The summed E-state index contributed by atoms with van der Waals surface area (Å²) in [5.74, 6) is 0.959. The zero-order valence-corrected chi connectivity index (χ0v) is 11.7. The summed E-state index contributed by atoms with van der Waals surface area (Å²) in [4.78, 5) is 5.28. The highest BCUT2D eigenvalue weighted by molar-refractivity contribution is 4.78. The highest BCUT2D eigenvalue weighted by Crippen LogP contribution is 2.20. The molecule has 0 unspecified atom stereocenters. The van der Waals surface area contributed by atoms with E-state index in [9.17, 15) is 0 Å². The maximum Gasteiger partial charge on any atom is 0.0132 e. The standard InChI is InChI=1S/C15H29N3/c1-2-7-16-8-13-17-11-5-15(6-12-17)14-18-9-3-4-10-18/h2,15-16H,1,3-14H2. The Morgan fingerprint density at radius 3 is 2.44 bits per heavy atom. The van der Waals surface area contributed by atoms with Crippen molar-refractivity contribution >= 4 is 0 Å². The minimum absolute atomic E-state index is 0.936. The number of piperidine rings is 1. The molecule has 2 aliphatic heterocycles. The summed E-state index contributed by atoms with van der Waals surface area (Å²) in [6, 6.07) is 0. The highest BCUT2D eigenvalue weighted by atomic mass is 15.2. The molecule has 2 rings (SSSR count). The largest absolute Gasteiger partial charge is 0.312 e. The van der Waals surface area contributed by atoms with E-state index >= 15 is 0 Å². The van der Waals surface area contributed by atoms with Gasteiger partial charge in [0.05, 0.1) is 0 Å². The van der Waals surface area contributed by atoms with E-state index in [1.807, 2.05) is 6.08 Å². The number of nitrogens with one attached hydrogen (secondary N) is 1. The van der Waals surface area contributed by atoms with Crippen molar-refractivity contribution in [3.63, 3.8) is 0 Å². The van der Waals surface area contributed by atoms with Crippen LogP contribution >= 0.6 is 0 Å². The lowest BCUT2D eigenvalue weighted by molar-refractivity contribution is 0.155. The molecular formula is C15H29N3. The second-order valence-corrected chi connectivity index (χ2v) is 5.79. The second kappa shape index (κ2) is 7.93. The van der Waals surface area contributed by atoms with E-state index in [2.05, 4.69) is 21.7 Å². The van der Waals surface area contributed by atoms with Gasteiger partial charge in [0.2, 0.25) is 0 Å². The third-order valence-electron chi connectivity index (χ3n) is 4.32. The maximum atomic E-state index is 3.72. The molecule has 2 aliphatic rings. The third kappa shape index (κ3) is 4.71. The summed E-state index contributed by atoms with van der Waals surface area (Å²) in [5.41, 5.74) is 0. The van der Waals surface area contributed by atoms with Gasteiger partial charge in [0.1, 0.15) is 0 Å². The lowest BCUT2D eigenvalue weighted by atomic mass is 9.96. The fraction of sp³-hybridized carbons (Fsp3) is 0.867. The highest BCUT2D eigenvalue weighted by Gasteiger charge is 2.22. The molecule has 0 aliphatic carbocycles. The summed E-state index contributed by atoms with van der Waals surface area (Å²) in [6.45, 7) is 13.6. The Morgan fingerprint density at radius 1 is 1.06 bits per heavy atom. The molecular weight excluding hydrogens is 222 g/mol. The topological polar surface area (TPSA) is 18.5 Å². The molecule has 104 valence electrons. The molecule has 2 heterocycles. The van der Waals surface area contributed by atoms with Gasteiger partial charge in [-0.3, -0.25) is 0 Å². The minimum atomic E-state index is 0.936. The van der Waals surface area contributed by atoms with E-state index in [0.29, 0.717) is 0 Å². The Balaban J connectivity index is 1.54. The molecule has 0 radical (unpaired) electrons. The molecule has 18 heavy (non-hydrogen) atoms. The Morgan fingerprint density at radius 2 is 1.78 bits per heavy atom. The monoisotopic (exact) mass is 251 g/mol. The molecule has 0 aromatic heterocycles. The van der Waals surface area contributed by atoms with Crippen molar-refractivity contribution in [2.75, 3.05) is 52.4 Å². The van der Waals surface area contributed by atoms with Crippen LogP contribution in [0.1, 0.15) is 25.7 Å². The SMILES string of the molecule is C=CCNCCN1CCC(CN2CCCC2)CC1. The molecule has 0 spiro atoms. The number of hydrogen-bond donors (Lipinski definition) is 1. The van der Waals surface area contributed by atoms with Gasteiger partial charge in [-0.15, -0.1) is 6.58 Å². The quantitative estimate of drug-likeness (QED) is 0.547. The van der Waals surface area contributed by atoms with Crippen molar-refractivity contribution in [2.45, 2.75) is 25.7 Å². The lowest BCUT2D eigenvalue weighted by Gasteiger charge is -2.33. The molecule has 0 saturated carbocycles. The van der Waals surface area contributed by atoms with Gasteiger partial charge < -0.3 is 15.1 Å². The number of likely N-dealkylation sites (tertiary alicyclic amines) is 2. The van der Waals surface area contributed by atoms with Crippen molar-refractivity contribution in [1.82, 2.24) is 15.1 Å². The Hall–Kier alpha value is -0.380. The molecule has 3 heteroatoms. The first-order valence-corrected chi connectivity index (χ1v) is 7.65. The van der Waals surface area contributed by atoms with Crippen LogP contribution < -0.4 is 5.32 Å². The smallest absolute Gasteiger partial charge is 0.0132 e. The average molecular weight is 251 g/mol. The van der Waals surface area contributed by atoms with E-state index < -0.39 is 0 Å². The first-order chi connectivity index (χ1) is 8.88. The van der Waals surface area contributed by atoms with E-state index in [0.717, 1.165) is 19.0 Å². The van der Waals surface area contributed by atoms with Gasteiger partial charge in [0.15, 0.2) is 0 Å². The molecule has 2 fully saturated rings. The predicted molar refractivity (Wildman–Crippen MR) is 77.9 cm³/mol. The normalized spacial score (nSPS) is 23.6. The van der Waals surface area contributed by atoms with Crippen LogP contribution in [0.3, 0.4) is 0 Å². The van der Waals surface area contributed by atoms with Crippen molar-refractivity contribution in [3.05, 3.63) is 12.7 Å². The Labute approximate surface area is 112 Å². The summed E-state index contributed by atoms with van der Waals surface area (Å²) in [6.07, 6.45) is 7.58. The molecule has 0 aromatic carbocycles. The molecule has 0 aromatic rings. The van der Waals surface area contributed by atoms with Crippen LogP contribution in [0, 0.1) is 5.92 Å².